The molecule has 3 aromatic rings. The van der Waals surface area contributed by atoms with Crippen LogP contribution in [0.5, 0.6) is 11.5 Å². The largest absolute Gasteiger partial charge is 0.495 e. The smallest absolute Gasteiger partial charge is 0.339 e. The van der Waals surface area contributed by atoms with Crippen LogP contribution in [-0.4, -0.2) is 13.8 Å². The summed E-state index contributed by atoms with van der Waals surface area (Å²) in [6.45, 7) is 0.980. The second kappa shape index (κ2) is 6.20. The monoisotopic (exact) mass is 383 g/mol. The van der Waals surface area contributed by atoms with Gasteiger partial charge in [-0.1, -0.05) is 11.6 Å². The first-order valence-corrected chi connectivity index (χ1v) is 9.35. The summed E-state index contributed by atoms with van der Waals surface area (Å²) in [5, 5.41) is 1.57. The number of methoxy groups -OCH3 is 1. The van der Waals surface area contributed by atoms with Crippen molar-refractivity contribution in [3.63, 3.8) is 0 Å². The van der Waals surface area contributed by atoms with Crippen LogP contribution in [0.25, 0.3) is 11.0 Å². The van der Waals surface area contributed by atoms with E-state index in [1.807, 2.05) is 30.3 Å². The molecule has 1 aromatic heterocycles. The van der Waals surface area contributed by atoms with Crippen LogP contribution in [0.1, 0.15) is 23.1 Å². The van der Waals surface area contributed by atoms with E-state index >= 15 is 0 Å². The first kappa shape index (κ1) is 16.5. The standard InChI is InChI=1S/C21H18ClNO4/c1-25-19-7-5-12(9-17(19)22)23-10-16-18(26-11-23)8-6-14-13-3-2-4-15(13)21(24)27-20(14)16/h5-9H,2-4,10-11H2,1H3. The maximum atomic E-state index is 12.4. The number of benzene rings is 2. The third kappa shape index (κ3) is 2.57. The molecule has 27 heavy (non-hydrogen) atoms. The summed E-state index contributed by atoms with van der Waals surface area (Å²) in [7, 11) is 1.59. The van der Waals surface area contributed by atoms with Crippen molar-refractivity contribution >= 4 is 28.3 Å². The molecule has 1 aliphatic carbocycles. The Morgan fingerprint density at radius 2 is 1.96 bits per heavy atom. The van der Waals surface area contributed by atoms with Gasteiger partial charge in [-0.25, -0.2) is 4.79 Å². The SMILES string of the molecule is COc1ccc(N2COc3ccc4c5c(c(=O)oc4c3C2)CCC5)cc1Cl. The molecular weight excluding hydrogens is 366 g/mol. The average Bonchev–Trinajstić information content (AvgIpc) is 3.18. The van der Waals surface area contributed by atoms with Crippen molar-refractivity contribution in [3.05, 3.63) is 62.5 Å². The lowest BCUT2D eigenvalue weighted by molar-refractivity contribution is 0.289. The molecule has 0 bridgehead atoms. The van der Waals surface area contributed by atoms with Crippen LogP contribution in [0, 0.1) is 0 Å². The Morgan fingerprint density at radius 3 is 2.78 bits per heavy atom. The van der Waals surface area contributed by atoms with Gasteiger partial charge >= 0.3 is 5.63 Å². The molecule has 0 saturated carbocycles. The molecule has 1 aliphatic heterocycles. The van der Waals surface area contributed by atoms with E-state index in [1.54, 1.807) is 7.11 Å². The van der Waals surface area contributed by atoms with E-state index < -0.39 is 0 Å². The highest BCUT2D eigenvalue weighted by Gasteiger charge is 2.26. The molecule has 0 unspecified atom stereocenters. The third-order valence-corrected chi connectivity index (χ3v) is 5.72. The molecule has 0 atom stereocenters. The Balaban J connectivity index is 1.60. The summed E-state index contributed by atoms with van der Waals surface area (Å²) < 4.78 is 16.9. The van der Waals surface area contributed by atoms with Crippen LogP contribution in [-0.2, 0) is 19.4 Å². The van der Waals surface area contributed by atoms with Gasteiger partial charge in [0, 0.05) is 16.6 Å². The molecule has 5 nitrogen and oxygen atoms in total. The predicted octanol–water partition coefficient (Wildman–Crippen LogP) is 4.30. The Hall–Kier alpha value is -2.66. The van der Waals surface area contributed by atoms with Crippen LogP contribution in [0.15, 0.2) is 39.5 Å². The second-order valence-electron chi connectivity index (χ2n) is 6.91. The maximum absolute atomic E-state index is 12.4. The molecule has 6 heteroatoms. The van der Waals surface area contributed by atoms with Gasteiger partial charge < -0.3 is 18.8 Å². The molecule has 2 aromatic carbocycles. The molecule has 138 valence electrons. The number of hydrogen-bond donors (Lipinski definition) is 0. The van der Waals surface area contributed by atoms with Crippen molar-refractivity contribution in [3.8, 4) is 11.5 Å². The Morgan fingerprint density at radius 1 is 1.11 bits per heavy atom. The molecule has 0 saturated heterocycles. The maximum Gasteiger partial charge on any atom is 0.339 e. The van der Waals surface area contributed by atoms with Gasteiger partial charge in [0.15, 0.2) is 6.73 Å². The van der Waals surface area contributed by atoms with Crippen LogP contribution in [0.3, 0.4) is 0 Å². The zero-order chi connectivity index (χ0) is 18.5. The highest BCUT2D eigenvalue weighted by Crippen LogP contribution is 2.38. The third-order valence-electron chi connectivity index (χ3n) is 5.43. The van der Waals surface area contributed by atoms with Gasteiger partial charge in [0.25, 0.3) is 0 Å². The number of rotatable bonds is 2. The van der Waals surface area contributed by atoms with Crippen molar-refractivity contribution in [1.29, 1.82) is 0 Å². The molecule has 5 rings (SSSR count). The Kier molecular flexibility index (Phi) is 3.79. The first-order valence-electron chi connectivity index (χ1n) is 8.97. The van der Waals surface area contributed by atoms with E-state index in [9.17, 15) is 4.79 Å². The molecule has 0 fully saturated rings. The zero-order valence-corrected chi connectivity index (χ0v) is 15.6. The number of ether oxygens (including phenoxy) is 2. The van der Waals surface area contributed by atoms with Crippen LogP contribution >= 0.6 is 11.6 Å². The van der Waals surface area contributed by atoms with E-state index in [4.69, 9.17) is 25.5 Å². The summed E-state index contributed by atoms with van der Waals surface area (Å²) in [4.78, 5) is 14.5. The Labute approximate surface area is 161 Å². The number of hydrogen-bond acceptors (Lipinski definition) is 5. The van der Waals surface area contributed by atoms with Gasteiger partial charge in [-0.15, -0.1) is 0 Å². The van der Waals surface area contributed by atoms with Crippen molar-refractivity contribution < 1.29 is 13.9 Å². The number of anilines is 1. The van der Waals surface area contributed by atoms with Crippen molar-refractivity contribution in [2.45, 2.75) is 25.8 Å². The minimum Gasteiger partial charge on any atom is -0.495 e. The quantitative estimate of drug-likeness (QED) is 0.617. The molecule has 0 N–H and O–H groups in total. The number of halogens is 1. The van der Waals surface area contributed by atoms with Crippen LogP contribution in [0.4, 0.5) is 5.69 Å². The molecule has 2 aliphatic rings. The van der Waals surface area contributed by atoms with Gasteiger partial charge in [0.05, 0.1) is 24.2 Å². The lowest BCUT2D eigenvalue weighted by Gasteiger charge is -2.31. The lowest BCUT2D eigenvalue weighted by atomic mass is 10.0. The summed E-state index contributed by atoms with van der Waals surface area (Å²) >= 11 is 6.28. The molecule has 0 radical (unpaired) electrons. The number of fused-ring (bicyclic) bond motifs is 5. The fourth-order valence-electron chi connectivity index (χ4n) is 4.07. The molecule has 0 amide bonds. The summed E-state index contributed by atoms with van der Waals surface area (Å²) in [6.07, 6.45) is 2.73. The van der Waals surface area contributed by atoms with E-state index in [2.05, 4.69) is 4.90 Å². The summed E-state index contributed by atoms with van der Waals surface area (Å²) in [5.74, 6) is 1.39. The van der Waals surface area contributed by atoms with Gasteiger partial charge in [0.1, 0.15) is 17.1 Å². The van der Waals surface area contributed by atoms with Gasteiger partial charge in [0.2, 0.25) is 0 Å². The van der Waals surface area contributed by atoms with Gasteiger partial charge in [-0.05, 0) is 55.2 Å². The Bertz CT molecular complexity index is 1120. The summed E-state index contributed by atoms with van der Waals surface area (Å²) in [6, 6.07) is 9.63. The minimum atomic E-state index is -0.215. The fourth-order valence-corrected chi connectivity index (χ4v) is 4.32. The lowest BCUT2D eigenvalue weighted by Crippen LogP contribution is -2.32. The van der Waals surface area contributed by atoms with Crippen molar-refractivity contribution in [2.24, 2.45) is 0 Å². The fraction of sp³-hybridized carbons (Fsp3) is 0.286. The highest BCUT2D eigenvalue weighted by molar-refractivity contribution is 6.32. The minimum absolute atomic E-state index is 0.215. The van der Waals surface area contributed by atoms with Crippen LogP contribution < -0.4 is 20.0 Å². The number of nitrogens with zero attached hydrogens (tertiary/aromatic N) is 1. The van der Waals surface area contributed by atoms with Gasteiger partial charge in [-0.2, -0.15) is 0 Å². The first-order chi connectivity index (χ1) is 13.2. The van der Waals surface area contributed by atoms with Gasteiger partial charge in [-0.3, -0.25) is 0 Å². The highest BCUT2D eigenvalue weighted by atomic mass is 35.5. The summed E-state index contributed by atoms with van der Waals surface area (Å²) in [5.41, 5.74) is 4.21. The van der Waals surface area contributed by atoms with Crippen molar-refractivity contribution in [2.75, 3.05) is 18.7 Å². The van der Waals surface area contributed by atoms with E-state index in [1.165, 1.54) is 0 Å². The predicted molar refractivity (Wildman–Crippen MR) is 104 cm³/mol. The topological polar surface area (TPSA) is 51.9 Å². The van der Waals surface area contributed by atoms with Crippen molar-refractivity contribution in [1.82, 2.24) is 0 Å². The molecule has 0 spiro atoms. The molecular formula is C21H18ClNO4. The zero-order valence-electron chi connectivity index (χ0n) is 14.9. The van der Waals surface area contributed by atoms with E-state index in [0.717, 1.165) is 52.8 Å². The van der Waals surface area contributed by atoms with E-state index in [-0.39, 0.29) is 5.63 Å². The molecule has 2 heterocycles. The van der Waals surface area contributed by atoms with Crippen LogP contribution in [0.2, 0.25) is 5.02 Å². The average molecular weight is 384 g/mol. The van der Waals surface area contributed by atoms with E-state index in [0.29, 0.717) is 29.6 Å². The second-order valence-corrected chi connectivity index (χ2v) is 7.32. The normalized spacial score (nSPS) is 15.4. The number of aryl methyl sites for hydroxylation is 1.